The van der Waals surface area contributed by atoms with Gasteiger partial charge in [-0.3, -0.25) is 4.79 Å². The normalized spacial score (nSPS) is 10.7. The Hall–Kier alpha value is -2.86. The van der Waals surface area contributed by atoms with Crippen LogP contribution in [0, 0.1) is 6.92 Å². The van der Waals surface area contributed by atoms with Crippen molar-refractivity contribution in [1.82, 2.24) is 4.57 Å². The summed E-state index contributed by atoms with van der Waals surface area (Å²) in [6, 6.07) is 13.2. The number of anilines is 1. The molecule has 2 heterocycles. The van der Waals surface area contributed by atoms with E-state index < -0.39 is 5.97 Å². The summed E-state index contributed by atoms with van der Waals surface area (Å²) in [7, 11) is 1.34. The third kappa shape index (κ3) is 3.41. The first kappa shape index (κ1) is 17.9. The second-order valence-corrected chi connectivity index (χ2v) is 7.13. The number of rotatable bonds is 6. The highest BCUT2D eigenvalue weighted by molar-refractivity contribution is 7.19. The van der Waals surface area contributed by atoms with Crippen molar-refractivity contribution in [3.05, 3.63) is 65.7 Å². The van der Waals surface area contributed by atoms with Gasteiger partial charge in [0, 0.05) is 17.1 Å². The van der Waals surface area contributed by atoms with Gasteiger partial charge in [0.2, 0.25) is 5.91 Å². The number of fused-ring (bicyclic) bond motifs is 1. The molecule has 2 aromatic heterocycles. The van der Waals surface area contributed by atoms with E-state index in [1.807, 2.05) is 43.3 Å². The van der Waals surface area contributed by atoms with Crippen LogP contribution in [0.1, 0.15) is 15.4 Å². The molecule has 26 heavy (non-hydrogen) atoms. The molecule has 3 rings (SSSR count). The van der Waals surface area contributed by atoms with Crippen LogP contribution in [-0.4, -0.2) is 30.1 Å². The zero-order valence-electron chi connectivity index (χ0n) is 14.8. The number of hydrogen-bond donors (Lipinski definition) is 0. The van der Waals surface area contributed by atoms with Crippen molar-refractivity contribution in [2.45, 2.75) is 13.5 Å². The van der Waals surface area contributed by atoms with E-state index >= 15 is 0 Å². The van der Waals surface area contributed by atoms with Crippen LogP contribution in [0.5, 0.6) is 0 Å². The summed E-state index contributed by atoms with van der Waals surface area (Å²) in [6.07, 6.45) is 1.69. The first-order valence-electron chi connectivity index (χ1n) is 8.19. The molecule has 0 saturated carbocycles. The molecule has 1 amide bonds. The molecule has 3 aromatic rings. The monoisotopic (exact) mass is 368 g/mol. The smallest absolute Gasteiger partial charge is 0.354 e. The number of esters is 1. The number of para-hydroxylation sites is 1. The molecule has 134 valence electrons. The van der Waals surface area contributed by atoms with Crippen LogP contribution in [0.3, 0.4) is 0 Å². The third-order valence-electron chi connectivity index (χ3n) is 4.08. The van der Waals surface area contributed by atoms with Crippen LogP contribution in [-0.2, 0) is 16.1 Å². The highest BCUT2D eigenvalue weighted by atomic mass is 32.1. The molecule has 0 radical (unpaired) electrons. The number of ether oxygens (including phenoxy) is 1. The van der Waals surface area contributed by atoms with Crippen molar-refractivity contribution in [3.8, 4) is 0 Å². The van der Waals surface area contributed by atoms with Crippen molar-refractivity contribution >= 4 is 39.1 Å². The van der Waals surface area contributed by atoms with Crippen molar-refractivity contribution in [3.63, 3.8) is 0 Å². The number of aromatic nitrogens is 1. The maximum atomic E-state index is 13.0. The number of carbonyl (C=O) groups excluding carboxylic acids is 2. The van der Waals surface area contributed by atoms with Crippen molar-refractivity contribution in [2.75, 3.05) is 18.6 Å². The fourth-order valence-corrected chi connectivity index (χ4v) is 3.88. The number of thiophene rings is 1. The molecule has 0 aliphatic heterocycles. The summed E-state index contributed by atoms with van der Waals surface area (Å²) in [4.78, 5) is 28.0. The number of aryl methyl sites for hydroxylation is 1. The summed E-state index contributed by atoms with van der Waals surface area (Å²) in [5.74, 6) is -0.573. The highest BCUT2D eigenvalue weighted by Gasteiger charge is 2.22. The molecule has 0 aliphatic carbocycles. The predicted octanol–water partition coefficient (Wildman–Crippen LogP) is 4.02. The molecule has 0 aliphatic rings. The Balaban J connectivity index is 1.99. The van der Waals surface area contributed by atoms with Gasteiger partial charge in [0.15, 0.2) is 0 Å². The molecular weight excluding hydrogens is 348 g/mol. The molecule has 0 atom stereocenters. The largest absolute Gasteiger partial charge is 0.464 e. The minimum atomic E-state index is -0.450. The number of carbonyl (C=O) groups is 2. The number of nitrogens with zero attached hydrogens (tertiary/aromatic N) is 2. The van der Waals surface area contributed by atoms with Crippen LogP contribution in [0.15, 0.2) is 55.1 Å². The van der Waals surface area contributed by atoms with E-state index in [0.717, 1.165) is 20.8 Å². The predicted molar refractivity (Wildman–Crippen MR) is 105 cm³/mol. The van der Waals surface area contributed by atoms with Gasteiger partial charge in [-0.2, -0.15) is 0 Å². The van der Waals surface area contributed by atoms with Gasteiger partial charge in [-0.1, -0.05) is 24.3 Å². The number of methoxy groups -OCH3 is 1. The van der Waals surface area contributed by atoms with Gasteiger partial charge in [-0.05, 0) is 31.2 Å². The average Bonchev–Trinajstić information content (AvgIpc) is 3.16. The summed E-state index contributed by atoms with van der Waals surface area (Å²) >= 11 is 1.59. The average molecular weight is 368 g/mol. The van der Waals surface area contributed by atoms with E-state index in [1.54, 1.807) is 32.9 Å². The fraction of sp³-hybridized carbons (Fsp3) is 0.200. The van der Waals surface area contributed by atoms with E-state index in [2.05, 4.69) is 6.58 Å². The highest BCUT2D eigenvalue weighted by Crippen LogP contribution is 2.29. The molecule has 0 spiro atoms. The first-order chi connectivity index (χ1) is 12.5. The summed E-state index contributed by atoms with van der Waals surface area (Å²) in [5, 5.41) is 0. The van der Waals surface area contributed by atoms with Crippen LogP contribution >= 0.6 is 11.3 Å². The Labute approximate surface area is 156 Å². The van der Waals surface area contributed by atoms with Gasteiger partial charge in [0.25, 0.3) is 0 Å². The second-order valence-electron chi connectivity index (χ2n) is 5.84. The maximum absolute atomic E-state index is 13.0. The van der Waals surface area contributed by atoms with E-state index in [1.165, 1.54) is 7.11 Å². The Morgan fingerprint density at radius 1 is 1.27 bits per heavy atom. The molecular formula is C20H20N2O3S. The lowest BCUT2D eigenvalue weighted by Gasteiger charge is -2.22. The molecule has 6 heteroatoms. The Morgan fingerprint density at radius 2 is 2.00 bits per heavy atom. The van der Waals surface area contributed by atoms with Gasteiger partial charge in [-0.15, -0.1) is 17.9 Å². The standard InChI is InChI=1S/C20H20N2O3S/c1-4-10-21(15-8-6-5-7-9-15)19(23)13-22-16-11-14(2)26-18(16)12-17(22)20(24)25-3/h4-9,11-12H,1,10,13H2,2-3H3. The van der Waals surface area contributed by atoms with Gasteiger partial charge >= 0.3 is 5.97 Å². The Bertz CT molecular complexity index is 956. The zero-order valence-corrected chi connectivity index (χ0v) is 15.6. The maximum Gasteiger partial charge on any atom is 0.354 e. The Kier molecular flexibility index (Phi) is 5.23. The second kappa shape index (κ2) is 7.58. The van der Waals surface area contributed by atoms with Gasteiger partial charge in [0.1, 0.15) is 12.2 Å². The topological polar surface area (TPSA) is 51.5 Å². The van der Waals surface area contributed by atoms with Crippen LogP contribution < -0.4 is 4.90 Å². The number of hydrogen-bond acceptors (Lipinski definition) is 4. The van der Waals surface area contributed by atoms with E-state index in [0.29, 0.717) is 12.2 Å². The molecule has 0 N–H and O–H groups in total. The SMILES string of the molecule is C=CCN(C(=O)Cn1c(C(=O)OC)cc2sc(C)cc21)c1ccccc1. The van der Waals surface area contributed by atoms with Gasteiger partial charge < -0.3 is 14.2 Å². The summed E-state index contributed by atoms with van der Waals surface area (Å²) in [5.41, 5.74) is 2.04. The lowest BCUT2D eigenvalue weighted by Crippen LogP contribution is -2.34. The molecule has 5 nitrogen and oxygen atoms in total. The number of amides is 1. The van der Waals surface area contributed by atoms with Crippen molar-refractivity contribution < 1.29 is 14.3 Å². The molecule has 0 unspecified atom stereocenters. The molecule has 0 saturated heterocycles. The van der Waals surface area contributed by atoms with Crippen molar-refractivity contribution in [2.24, 2.45) is 0 Å². The van der Waals surface area contributed by atoms with Gasteiger partial charge in [0.05, 0.1) is 17.3 Å². The van der Waals surface area contributed by atoms with E-state index in [4.69, 9.17) is 4.74 Å². The van der Waals surface area contributed by atoms with E-state index in [-0.39, 0.29) is 12.5 Å². The number of benzene rings is 1. The first-order valence-corrected chi connectivity index (χ1v) is 9.01. The zero-order chi connectivity index (χ0) is 18.7. The lowest BCUT2D eigenvalue weighted by atomic mass is 10.2. The van der Waals surface area contributed by atoms with Gasteiger partial charge in [-0.25, -0.2) is 4.79 Å². The third-order valence-corrected chi connectivity index (χ3v) is 5.07. The minimum Gasteiger partial charge on any atom is -0.464 e. The summed E-state index contributed by atoms with van der Waals surface area (Å²) in [6.45, 7) is 6.19. The Morgan fingerprint density at radius 3 is 2.65 bits per heavy atom. The molecule has 0 bridgehead atoms. The fourth-order valence-electron chi connectivity index (χ4n) is 2.92. The molecule has 1 aromatic carbocycles. The van der Waals surface area contributed by atoms with Crippen LogP contribution in [0.2, 0.25) is 0 Å². The van der Waals surface area contributed by atoms with Crippen LogP contribution in [0.25, 0.3) is 10.2 Å². The quantitative estimate of drug-likeness (QED) is 0.488. The summed E-state index contributed by atoms with van der Waals surface area (Å²) < 4.78 is 7.58. The van der Waals surface area contributed by atoms with Crippen LogP contribution in [0.4, 0.5) is 5.69 Å². The molecule has 0 fully saturated rings. The van der Waals surface area contributed by atoms with E-state index in [9.17, 15) is 9.59 Å². The van der Waals surface area contributed by atoms with Crippen molar-refractivity contribution in [1.29, 1.82) is 0 Å². The lowest BCUT2D eigenvalue weighted by molar-refractivity contribution is -0.119. The minimum absolute atomic E-state index is 0.0485.